The topological polar surface area (TPSA) is 93.3 Å². The highest BCUT2D eigenvalue weighted by Crippen LogP contribution is 2.37. The fourth-order valence-corrected chi connectivity index (χ4v) is 8.02. The smallest absolute Gasteiger partial charge is 0.258 e. The number of rotatable bonds is 5. The zero-order valence-corrected chi connectivity index (χ0v) is 20.0. The Hall–Kier alpha value is -2.85. The molecule has 2 aromatic heterocycles. The van der Waals surface area contributed by atoms with Gasteiger partial charge in [-0.1, -0.05) is 17.8 Å². The van der Waals surface area contributed by atoms with Gasteiger partial charge >= 0.3 is 0 Å². The number of ether oxygens (including phenoxy) is 1. The summed E-state index contributed by atoms with van der Waals surface area (Å²) in [5.74, 6) is 0.990. The van der Waals surface area contributed by atoms with Gasteiger partial charge in [-0.2, -0.15) is 0 Å². The summed E-state index contributed by atoms with van der Waals surface area (Å²) in [7, 11) is -3.04. The van der Waals surface area contributed by atoms with Gasteiger partial charge in [-0.15, -0.1) is 0 Å². The zero-order chi connectivity index (χ0) is 23.2. The summed E-state index contributed by atoms with van der Waals surface area (Å²) in [4.78, 5) is 24.3. The van der Waals surface area contributed by atoms with Crippen LogP contribution in [0.2, 0.25) is 0 Å². The molecule has 1 aromatic carbocycles. The lowest BCUT2D eigenvalue weighted by Crippen LogP contribution is -2.30. The number of thioether (sulfide) groups is 1. The Morgan fingerprint density at radius 3 is 2.70 bits per heavy atom. The molecule has 0 aliphatic carbocycles. The molecular formula is C23H24N4O4S2. The van der Waals surface area contributed by atoms with Gasteiger partial charge in [0.25, 0.3) is 5.56 Å². The minimum atomic E-state index is -3.04. The molecule has 0 unspecified atom stereocenters. The maximum atomic E-state index is 12.8. The van der Waals surface area contributed by atoms with E-state index in [1.54, 1.807) is 10.5 Å². The Morgan fingerprint density at radius 2 is 1.97 bits per heavy atom. The standard InChI is InChI=1S/C23H24N4O4S2/c1-3-31-18-9-7-17(8-10-18)26(23-25-19-13-33(29,30)14-20(19)32-23)12-16-11-22(28)27-15(2)5-4-6-21(27)24-16/h4-11,19-20H,3,12-14H2,1-2H3/t19-,20-/m1/s1. The molecular weight excluding hydrogens is 460 g/mol. The Bertz CT molecular complexity index is 1400. The Morgan fingerprint density at radius 1 is 1.18 bits per heavy atom. The molecule has 10 heteroatoms. The van der Waals surface area contributed by atoms with Crippen LogP contribution < -0.4 is 15.2 Å². The highest BCUT2D eigenvalue weighted by atomic mass is 32.2. The number of hydrogen-bond acceptors (Lipinski definition) is 8. The van der Waals surface area contributed by atoms with Gasteiger partial charge in [0, 0.05) is 22.7 Å². The van der Waals surface area contributed by atoms with Gasteiger partial charge in [0.1, 0.15) is 11.4 Å². The van der Waals surface area contributed by atoms with Crippen molar-refractivity contribution in [1.29, 1.82) is 0 Å². The maximum absolute atomic E-state index is 12.8. The van der Waals surface area contributed by atoms with Crippen LogP contribution in [0.15, 0.2) is 58.3 Å². The van der Waals surface area contributed by atoms with Crippen LogP contribution in [0.4, 0.5) is 5.69 Å². The van der Waals surface area contributed by atoms with E-state index >= 15 is 0 Å². The van der Waals surface area contributed by atoms with Gasteiger partial charge in [0.15, 0.2) is 15.0 Å². The van der Waals surface area contributed by atoms with Crippen LogP contribution in [0.5, 0.6) is 5.75 Å². The molecule has 1 saturated heterocycles. The lowest BCUT2D eigenvalue weighted by Gasteiger charge is -2.24. The molecule has 0 radical (unpaired) electrons. The fraction of sp³-hybridized carbons (Fsp3) is 0.348. The number of pyridine rings is 1. The summed E-state index contributed by atoms with van der Waals surface area (Å²) in [6.45, 7) is 4.72. The molecule has 0 spiro atoms. The lowest BCUT2D eigenvalue weighted by molar-refractivity contribution is 0.340. The highest BCUT2D eigenvalue weighted by Gasteiger charge is 2.44. The third-order valence-electron chi connectivity index (χ3n) is 5.75. The van der Waals surface area contributed by atoms with E-state index < -0.39 is 9.84 Å². The first-order valence-electron chi connectivity index (χ1n) is 10.8. The molecule has 3 aromatic rings. The van der Waals surface area contributed by atoms with E-state index in [1.807, 2.05) is 61.2 Å². The Kier molecular flexibility index (Phi) is 5.65. The fourth-order valence-electron chi connectivity index (χ4n) is 4.24. The molecule has 1 fully saturated rings. The van der Waals surface area contributed by atoms with Crippen molar-refractivity contribution in [3.05, 3.63) is 70.3 Å². The van der Waals surface area contributed by atoms with Crippen LogP contribution >= 0.6 is 11.8 Å². The normalized spacial score (nSPS) is 21.1. The molecule has 0 amide bonds. The van der Waals surface area contributed by atoms with Crippen LogP contribution in [0.3, 0.4) is 0 Å². The van der Waals surface area contributed by atoms with Crippen molar-refractivity contribution in [2.75, 3.05) is 23.0 Å². The summed E-state index contributed by atoms with van der Waals surface area (Å²) in [6, 6.07) is 14.5. The summed E-state index contributed by atoms with van der Waals surface area (Å²) in [6.07, 6.45) is 0. The van der Waals surface area contributed by atoms with Crippen molar-refractivity contribution in [1.82, 2.24) is 9.38 Å². The first-order chi connectivity index (χ1) is 15.8. The number of benzene rings is 1. The third kappa shape index (κ3) is 4.37. The highest BCUT2D eigenvalue weighted by molar-refractivity contribution is 8.15. The predicted octanol–water partition coefficient (Wildman–Crippen LogP) is 2.68. The molecule has 2 aliphatic rings. The number of anilines is 1. The molecule has 0 saturated carbocycles. The molecule has 33 heavy (non-hydrogen) atoms. The minimum Gasteiger partial charge on any atom is -0.494 e. The molecule has 2 aliphatic heterocycles. The molecule has 4 heterocycles. The van der Waals surface area contributed by atoms with E-state index in [9.17, 15) is 13.2 Å². The summed E-state index contributed by atoms with van der Waals surface area (Å²) in [5.41, 5.74) is 2.77. The van der Waals surface area contributed by atoms with E-state index in [1.165, 1.54) is 11.8 Å². The second-order valence-corrected chi connectivity index (χ2v) is 11.5. The summed E-state index contributed by atoms with van der Waals surface area (Å²) < 4.78 is 31.2. The molecule has 5 rings (SSSR count). The van der Waals surface area contributed by atoms with Crippen LogP contribution in [-0.2, 0) is 16.4 Å². The van der Waals surface area contributed by atoms with Crippen LogP contribution in [0.25, 0.3) is 5.65 Å². The van der Waals surface area contributed by atoms with Crippen molar-refractivity contribution in [3.63, 3.8) is 0 Å². The third-order valence-corrected chi connectivity index (χ3v) is 9.00. The van der Waals surface area contributed by atoms with Crippen molar-refractivity contribution >= 4 is 38.1 Å². The van der Waals surface area contributed by atoms with Crippen molar-refractivity contribution in [2.45, 2.75) is 31.7 Å². The van der Waals surface area contributed by atoms with E-state index in [2.05, 4.69) is 0 Å². The number of aryl methyl sites for hydroxylation is 1. The monoisotopic (exact) mass is 484 g/mol. The SMILES string of the molecule is CCOc1ccc(N(Cc2cc(=O)n3c(C)cccc3n2)C2=N[C@@H]3CS(=O)(=O)C[C@H]3S2)cc1. The number of fused-ring (bicyclic) bond motifs is 2. The largest absolute Gasteiger partial charge is 0.494 e. The summed E-state index contributed by atoms with van der Waals surface area (Å²) >= 11 is 1.48. The second-order valence-electron chi connectivity index (χ2n) is 8.17. The average molecular weight is 485 g/mol. The van der Waals surface area contributed by atoms with Gasteiger partial charge in [0.2, 0.25) is 0 Å². The predicted molar refractivity (Wildman–Crippen MR) is 131 cm³/mol. The van der Waals surface area contributed by atoms with Gasteiger partial charge in [-0.3, -0.25) is 14.2 Å². The van der Waals surface area contributed by atoms with E-state index in [0.717, 1.165) is 22.3 Å². The average Bonchev–Trinajstić information content (AvgIpc) is 3.26. The molecule has 0 bridgehead atoms. The van der Waals surface area contributed by atoms with Gasteiger partial charge in [-0.05, 0) is 50.2 Å². The Balaban J connectivity index is 1.52. The number of hydrogen-bond donors (Lipinski definition) is 0. The van der Waals surface area contributed by atoms with E-state index in [-0.39, 0.29) is 28.4 Å². The number of amidine groups is 1. The summed E-state index contributed by atoms with van der Waals surface area (Å²) in [5, 5.41) is 0.670. The first kappa shape index (κ1) is 22.0. The van der Waals surface area contributed by atoms with Gasteiger partial charge < -0.3 is 9.64 Å². The second kappa shape index (κ2) is 8.49. The van der Waals surface area contributed by atoms with Crippen molar-refractivity contribution in [2.24, 2.45) is 4.99 Å². The number of sulfone groups is 1. The first-order valence-corrected chi connectivity index (χ1v) is 13.5. The molecule has 8 nitrogen and oxygen atoms in total. The lowest BCUT2D eigenvalue weighted by atomic mass is 10.2. The maximum Gasteiger partial charge on any atom is 0.258 e. The molecule has 172 valence electrons. The van der Waals surface area contributed by atoms with Crippen molar-refractivity contribution in [3.8, 4) is 5.75 Å². The number of aromatic nitrogens is 2. The van der Waals surface area contributed by atoms with Crippen LogP contribution in [0, 0.1) is 6.92 Å². The van der Waals surface area contributed by atoms with E-state index in [4.69, 9.17) is 14.7 Å². The minimum absolute atomic E-state index is 0.0759. The van der Waals surface area contributed by atoms with Crippen LogP contribution in [-0.4, -0.2) is 52.4 Å². The molecule has 0 N–H and O–H groups in total. The van der Waals surface area contributed by atoms with Gasteiger partial charge in [0.05, 0.1) is 36.4 Å². The van der Waals surface area contributed by atoms with Crippen LogP contribution in [0.1, 0.15) is 18.3 Å². The quantitative estimate of drug-likeness (QED) is 0.550. The van der Waals surface area contributed by atoms with Crippen molar-refractivity contribution < 1.29 is 13.2 Å². The molecule has 2 atom stereocenters. The Labute approximate surface area is 196 Å². The van der Waals surface area contributed by atoms with E-state index in [0.29, 0.717) is 24.5 Å². The zero-order valence-electron chi connectivity index (χ0n) is 18.3. The number of nitrogens with zero attached hydrogens (tertiary/aromatic N) is 4. The van der Waals surface area contributed by atoms with Gasteiger partial charge in [-0.25, -0.2) is 13.4 Å². The number of aliphatic imine (C=N–C) groups is 1.